The lowest BCUT2D eigenvalue weighted by molar-refractivity contribution is -0.212. The van der Waals surface area contributed by atoms with Crippen LogP contribution in [0.5, 0.6) is 0 Å². The molecular formula is C21H16F3N9O2. The Balaban J connectivity index is 1.37. The van der Waals surface area contributed by atoms with Gasteiger partial charge in [0.05, 0.1) is 23.2 Å². The topological polar surface area (TPSA) is 123 Å². The van der Waals surface area contributed by atoms with E-state index in [1.165, 1.54) is 4.90 Å². The van der Waals surface area contributed by atoms with Gasteiger partial charge in [-0.15, -0.1) is 23.4 Å². The Kier molecular flexibility index (Phi) is 4.52. The molecule has 0 bridgehead atoms. The molecule has 5 aromatic rings. The average Bonchev–Trinajstić information content (AvgIpc) is 3.62. The van der Waals surface area contributed by atoms with Crippen molar-refractivity contribution < 1.29 is 22.4 Å². The second-order valence-electron chi connectivity index (χ2n) is 8.03. The van der Waals surface area contributed by atoms with E-state index in [1.54, 1.807) is 10.8 Å². The van der Waals surface area contributed by atoms with Gasteiger partial charge in [-0.25, -0.2) is 9.50 Å². The third-order valence-electron chi connectivity index (χ3n) is 5.87. The van der Waals surface area contributed by atoms with Crippen LogP contribution in [0.1, 0.15) is 39.4 Å². The minimum absolute atomic E-state index is 0.181. The van der Waals surface area contributed by atoms with E-state index in [0.717, 1.165) is 29.0 Å². The lowest BCUT2D eigenvalue weighted by Crippen LogP contribution is -2.41. The summed E-state index contributed by atoms with van der Waals surface area (Å²) in [6.07, 6.45) is -0.0656. The molecule has 6 heterocycles. The minimum atomic E-state index is -4.69. The molecule has 0 fully saturated rings. The van der Waals surface area contributed by atoms with Crippen molar-refractivity contribution in [3.05, 3.63) is 71.5 Å². The van der Waals surface area contributed by atoms with E-state index in [1.807, 2.05) is 31.3 Å². The van der Waals surface area contributed by atoms with Gasteiger partial charge in [0, 0.05) is 31.1 Å². The molecule has 0 radical (unpaired) electrons. The van der Waals surface area contributed by atoms with Gasteiger partial charge in [-0.3, -0.25) is 4.79 Å². The maximum Gasteiger partial charge on any atom is 0.504 e. The van der Waals surface area contributed by atoms with Crippen molar-refractivity contribution in [1.29, 1.82) is 0 Å². The number of fused-ring (bicyclic) bond motifs is 2. The predicted molar refractivity (Wildman–Crippen MR) is 112 cm³/mol. The number of carbonyl (C=O) groups is 1. The van der Waals surface area contributed by atoms with E-state index in [0.29, 0.717) is 24.4 Å². The van der Waals surface area contributed by atoms with Crippen LogP contribution in [0.15, 0.2) is 47.4 Å². The third-order valence-corrected chi connectivity index (χ3v) is 5.87. The van der Waals surface area contributed by atoms with Crippen LogP contribution in [0.2, 0.25) is 0 Å². The summed E-state index contributed by atoms with van der Waals surface area (Å²) < 4.78 is 45.5. The molecule has 0 spiro atoms. The van der Waals surface area contributed by atoms with Crippen LogP contribution in [0, 0.1) is 6.92 Å². The summed E-state index contributed by atoms with van der Waals surface area (Å²) >= 11 is 0. The summed E-state index contributed by atoms with van der Waals surface area (Å²) in [5.74, 6) is -1.26. The standard InChI is InChI=1S/C21H16F3N9O2/c1-11-3-2-6-32-15(11)9-14(29-32)17-16-12(25-10-26-16)4-7-31(17)20(34)19-28-27-18(35-19)13-5-8-33(30-13)21(22,23)24/h2-3,5-6,8-10,17H,4,7H2,1H3,(H,25,26)/t17-/m1/s1. The van der Waals surface area contributed by atoms with Crippen molar-refractivity contribution in [2.75, 3.05) is 6.54 Å². The van der Waals surface area contributed by atoms with Gasteiger partial charge in [0.1, 0.15) is 11.7 Å². The molecule has 6 rings (SSSR count). The van der Waals surface area contributed by atoms with Crippen LogP contribution in [0.3, 0.4) is 0 Å². The van der Waals surface area contributed by atoms with Crippen molar-refractivity contribution in [2.45, 2.75) is 25.7 Å². The third kappa shape index (κ3) is 3.45. The van der Waals surface area contributed by atoms with Crippen LogP contribution in [0.4, 0.5) is 13.2 Å². The van der Waals surface area contributed by atoms with Gasteiger partial charge < -0.3 is 14.3 Å². The Morgan fingerprint density at radius 2 is 2.06 bits per heavy atom. The summed E-state index contributed by atoms with van der Waals surface area (Å²) in [6, 6.07) is 6.19. The number of nitrogens with one attached hydrogen (secondary N) is 1. The number of carbonyl (C=O) groups excluding carboxylic acids is 1. The summed E-state index contributed by atoms with van der Waals surface area (Å²) in [7, 11) is 0. The van der Waals surface area contributed by atoms with E-state index in [4.69, 9.17) is 4.42 Å². The fourth-order valence-electron chi connectivity index (χ4n) is 4.22. The number of aromatic nitrogens is 8. The summed E-state index contributed by atoms with van der Waals surface area (Å²) in [4.78, 5) is 22.5. The quantitative estimate of drug-likeness (QED) is 0.419. The molecule has 35 heavy (non-hydrogen) atoms. The highest BCUT2D eigenvalue weighted by molar-refractivity contribution is 5.90. The number of hydrogen-bond acceptors (Lipinski definition) is 7. The maximum atomic E-state index is 13.5. The van der Waals surface area contributed by atoms with Gasteiger partial charge in [-0.05, 0) is 30.7 Å². The van der Waals surface area contributed by atoms with Gasteiger partial charge in [0.25, 0.3) is 5.89 Å². The van der Waals surface area contributed by atoms with Crippen molar-refractivity contribution in [3.63, 3.8) is 0 Å². The monoisotopic (exact) mass is 483 g/mol. The van der Waals surface area contributed by atoms with Gasteiger partial charge in [-0.1, -0.05) is 6.07 Å². The molecule has 5 aromatic heterocycles. The maximum absolute atomic E-state index is 13.5. The van der Waals surface area contributed by atoms with Gasteiger partial charge in [0.2, 0.25) is 0 Å². The molecule has 14 heteroatoms. The zero-order valence-electron chi connectivity index (χ0n) is 18.1. The van der Waals surface area contributed by atoms with E-state index in [2.05, 4.69) is 30.4 Å². The Morgan fingerprint density at radius 3 is 2.83 bits per heavy atom. The zero-order valence-corrected chi connectivity index (χ0v) is 18.1. The molecule has 0 unspecified atom stereocenters. The number of rotatable bonds is 3. The number of nitrogens with zero attached hydrogens (tertiary/aromatic N) is 8. The second-order valence-corrected chi connectivity index (χ2v) is 8.03. The first kappa shape index (κ1) is 21.1. The minimum Gasteiger partial charge on any atom is -0.411 e. The number of amides is 1. The number of aryl methyl sites for hydroxylation is 1. The molecule has 1 atom stereocenters. The fourth-order valence-corrected chi connectivity index (χ4v) is 4.22. The first-order chi connectivity index (χ1) is 16.8. The highest BCUT2D eigenvalue weighted by atomic mass is 19.4. The Labute approximate surface area is 194 Å². The zero-order chi connectivity index (χ0) is 24.3. The van der Waals surface area contributed by atoms with Crippen molar-refractivity contribution >= 4 is 11.4 Å². The van der Waals surface area contributed by atoms with E-state index < -0.39 is 18.2 Å². The summed E-state index contributed by atoms with van der Waals surface area (Å²) in [5, 5.41) is 15.6. The van der Waals surface area contributed by atoms with Crippen molar-refractivity contribution in [3.8, 4) is 11.6 Å². The van der Waals surface area contributed by atoms with Gasteiger partial charge in [-0.2, -0.15) is 14.9 Å². The molecule has 178 valence electrons. The molecule has 1 aliphatic rings. The first-order valence-corrected chi connectivity index (χ1v) is 10.5. The molecule has 1 amide bonds. The summed E-state index contributed by atoms with van der Waals surface area (Å²) in [5.41, 5.74) is 3.84. The summed E-state index contributed by atoms with van der Waals surface area (Å²) in [6.45, 7) is 2.27. The number of pyridine rings is 1. The number of aromatic amines is 1. The lowest BCUT2D eigenvalue weighted by atomic mass is 9.99. The van der Waals surface area contributed by atoms with Crippen LogP contribution in [0.25, 0.3) is 17.1 Å². The Morgan fingerprint density at radius 1 is 1.20 bits per heavy atom. The molecule has 0 aromatic carbocycles. The number of alkyl halides is 3. The van der Waals surface area contributed by atoms with Crippen LogP contribution >= 0.6 is 0 Å². The number of hydrogen-bond donors (Lipinski definition) is 1. The number of imidazole rings is 1. The highest BCUT2D eigenvalue weighted by Crippen LogP contribution is 2.35. The average molecular weight is 483 g/mol. The highest BCUT2D eigenvalue weighted by Gasteiger charge is 2.38. The van der Waals surface area contributed by atoms with Crippen molar-refractivity contribution in [1.82, 2.24) is 44.5 Å². The van der Waals surface area contributed by atoms with Gasteiger partial charge >= 0.3 is 18.1 Å². The number of halogens is 3. The Hall–Kier alpha value is -4.49. The van der Waals surface area contributed by atoms with E-state index in [-0.39, 0.29) is 22.2 Å². The normalized spacial score (nSPS) is 16.1. The molecule has 0 saturated carbocycles. The molecule has 0 saturated heterocycles. The molecule has 0 aliphatic carbocycles. The smallest absolute Gasteiger partial charge is 0.411 e. The fraction of sp³-hybridized carbons (Fsp3) is 0.238. The van der Waals surface area contributed by atoms with E-state index in [9.17, 15) is 18.0 Å². The molecule has 1 aliphatic heterocycles. The largest absolute Gasteiger partial charge is 0.504 e. The SMILES string of the molecule is Cc1cccn2nc([C@@H]3c4nc[nH]c4CCN3C(=O)c3nnc(-c4ccn(C(F)(F)F)n4)o3)cc12. The molecule has 1 N–H and O–H groups in total. The number of H-pyrrole nitrogens is 1. The Bertz CT molecular complexity index is 1560. The van der Waals surface area contributed by atoms with E-state index >= 15 is 0 Å². The van der Waals surface area contributed by atoms with Crippen LogP contribution in [-0.2, 0) is 12.7 Å². The van der Waals surface area contributed by atoms with Crippen LogP contribution < -0.4 is 0 Å². The predicted octanol–water partition coefficient (Wildman–Crippen LogP) is 2.88. The van der Waals surface area contributed by atoms with Crippen molar-refractivity contribution in [2.24, 2.45) is 0 Å². The first-order valence-electron chi connectivity index (χ1n) is 10.5. The lowest BCUT2D eigenvalue weighted by Gasteiger charge is -2.32. The second kappa shape index (κ2) is 7.51. The van der Waals surface area contributed by atoms with Gasteiger partial charge in [0.15, 0.2) is 0 Å². The molecule has 11 nitrogen and oxygen atoms in total. The van der Waals surface area contributed by atoms with Crippen LogP contribution in [-0.4, -0.2) is 56.9 Å². The molecular weight excluding hydrogens is 467 g/mol.